The zero-order valence-electron chi connectivity index (χ0n) is 20.9. The zero-order valence-corrected chi connectivity index (χ0v) is 21.6. The summed E-state index contributed by atoms with van der Waals surface area (Å²) in [5.41, 5.74) is 4.63. The maximum atomic E-state index is 11.4. The van der Waals surface area contributed by atoms with Gasteiger partial charge in [-0.05, 0) is 99.0 Å². The van der Waals surface area contributed by atoms with Crippen LogP contribution < -0.4 is 0 Å². The van der Waals surface area contributed by atoms with E-state index in [1.165, 1.54) is 12.8 Å². The first-order valence-electron chi connectivity index (χ1n) is 11.7. The van der Waals surface area contributed by atoms with E-state index in [4.69, 9.17) is 21.7 Å². The van der Waals surface area contributed by atoms with E-state index >= 15 is 0 Å². The van der Waals surface area contributed by atoms with Crippen LogP contribution in [0.4, 0.5) is 0 Å². The van der Waals surface area contributed by atoms with Crippen molar-refractivity contribution in [3.8, 4) is 23.0 Å². The standard InChI is InChI=1S/C23H18ClNO2.C4H10O.C2H6/c1-14-12-21-19(11-10-18(25-21)9-4-15-2-3-15)23(20(14)13-22(26)27)16-5-7-17(24)8-6-16;1-4(2,3)5;1-2/h5-8,10-12,15H,2-3,13H2,1H3,(H,26,27);5H,1-3H3;1-2H3. The average molecular weight is 480 g/mol. The van der Waals surface area contributed by atoms with Crippen molar-refractivity contribution in [2.24, 2.45) is 5.92 Å². The Morgan fingerprint density at radius 3 is 2.24 bits per heavy atom. The van der Waals surface area contributed by atoms with Gasteiger partial charge in [-0.25, -0.2) is 4.98 Å². The number of rotatable bonds is 3. The van der Waals surface area contributed by atoms with Crippen molar-refractivity contribution in [1.29, 1.82) is 0 Å². The number of pyridine rings is 1. The molecule has 0 bridgehead atoms. The lowest BCUT2D eigenvalue weighted by atomic mass is 9.90. The van der Waals surface area contributed by atoms with Crippen LogP contribution in [0.1, 0.15) is 64.3 Å². The summed E-state index contributed by atoms with van der Waals surface area (Å²) in [5.74, 6) is 6.06. The molecule has 2 aromatic carbocycles. The first-order valence-corrected chi connectivity index (χ1v) is 12.0. The van der Waals surface area contributed by atoms with Crippen molar-refractivity contribution < 1.29 is 15.0 Å². The fourth-order valence-corrected chi connectivity index (χ4v) is 3.37. The molecule has 4 nitrogen and oxygen atoms in total. The number of hydrogen-bond donors (Lipinski definition) is 2. The second-order valence-electron chi connectivity index (χ2n) is 9.10. The number of halogens is 1. The lowest BCUT2D eigenvalue weighted by Gasteiger charge is -2.15. The molecule has 1 aliphatic carbocycles. The zero-order chi connectivity index (χ0) is 25.5. The topological polar surface area (TPSA) is 70.4 Å². The molecule has 1 fully saturated rings. The van der Waals surface area contributed by atoms with E-state index in [0.29, 0.717) is 10.9 Å². The Hall–Kier alpha value is -2.87. The number of carboxylic acids is 1. The summed E-state index contributed by atoms with van der Waals surface area (Å²) in [4.78, 5) is 16.2. The first-order chi connectivity index (χ1) is 16.0. The van der Waals surface area contributed by atoms with Crippen molar-refractivity contribution in [2.45, 2.75) is 66.4 Å². The van der Waals surface area contributed by atoms with Gasteiger partial charge in [0.25, 0.3) is 0 Å². The van der Waals surface area contributed by atoms with E-state index < -0.39 is 11.6 Å². The molecule has 1 aromatic heterocycles. The SMILES string of the molecule is CC.CC(C)(C)O.Cc1cc2nc(C#CC3CC3)ccc2c(-c2ccc(Cl)cc2)c1CC(=O)O. The summed E-state index contributed by atoms with van der Waals surface area (Å²) < 4.78 is 0. The van der Waals surface area contributed by atoms with Crippen molar-refractivity contribution in [3.63, 3.8) is 0 Å². The van der Waals surface area contributed by atoms with Gasteiger partial charge < -0.3 is 10.2 Å². The molecule has 0 radical (unpaired) electrons. The van der Waals surface area contributed by atoms with Crippen LogP contribution in [0.3, 0.4) is 0 Å². The molecule has 0 unspecified atom stereocenters. The number of benzene rings is 2. The summed E-state index contributed by atoms with van der Waals surface area (Å²) in [6, 6.07) is 13.3. The van der Waals surface area contributed by atoms with E-state index in [-0.39, 0.29) is 6.42 Å². The van der Waals surface area contributed by atoms with Gasteiger partial charge in [-0.1, -0.05) is 43.5 Å². The monoisotopic (exact) mass is 479 g/mol. The number of hydrogen-bond acceptors (Lipinski definition) is 3. The predicted octanol–water partition coefficient (Wildman–Crippen LogP) is 7.06. The van der Waals surface area contributed by atoms with Crippen molar-refractivity contribution in [1.82, 2.24) is 4.98 Å². The quantitative estimate of drug-likeness (QED) is 0.394. The first kappa shape index (κ1) is 27.4. The van der Waals surface area contributed by atoms with Crippen molar-refractivity contribution >= 4 is 28.5 Å². The van der Waals surface area contributed by atoms with Crippen molar-refractivity contribution in [2.75, 3.05) is 0 Å². The van der Waals surface area contributed by atoms with Crippen LogP contribution in [0.5, 0.6) is 0 Å². The molecule has 1 saturated carbocycles. The van der Waals surface area contributed by atoms with E-state index in [1.807, 2.05) is 63.2 Å². The second kappa shape index (κ2) is 12.0. The van der Waals surface area contributed by atoms with E-state index in [0.717, 1.165) is 38.9 Å². The molecule has 34 heavy (non-hydrogen) atoms. The maximum Gasteiger partial charge on any atom is 0.307 e. The largest absolute Gasteiger partial charge is 0.481 e. The highest BCUT2D eigenvalue weighted by Gasteiger charge is 2.18. The van der Waals surface area contributed by atoms with Gasteiger partial charge in [0.2, 0.25) is 0 Å². The number of aliphatic hydroxyl groups is 1. The van der Waals surface area contributed by atoms with Crippen LogP contribution >= 0.6 is 11.6 Å². The number of aliphatic carboxylic acids is 1. The Kier molecular flexibility index (Phi) is 9.67. The lowest BCUT2D eigenvalue weighted by molar-refractivity contribution is -0.136. The number of carboxylic acid groups (broad SMARTS) is 1. The molecule has 3 aromatic rings. The van der Waals surface area contributed by atoms with Gasteiger partial charge in [0.1, 0.15) is 5.69 Å². The molecule has 2 N–H and O–H groups in total. The molecule has 180 valence electrons. The highest BCUT2D eigenvalue weighted by atomic mass is 35.5. The van der Waals surface area contributed by atoms with Crippen molar-refractivity contribution in [3.05, 3.63) is 64.3 Å². The Bertz CT molecular complexity index is 1190. The molecule has 0 atom stereocenters. The summed E-state index contributed by atoms with van der Waals surface area (Å²) in [6.07, 6.45) is 2.32. The molecule has 1 heterocycles. The van der Waals surface area contributed by atoms with Gasteiger partial charge in [-0.15, -0.1) is 0 Å². The van der Waals surface area contributed by atoms with Gasteiger partial charge in [-0.3, -0.25) is 4.79 Å². The number of aromatic nitrogens is 1. The third kappa shape index (κ3) is 8.48. The van der Waals surface area contributed by atoms with Gasteiger partial charge in [0, 0.05) is 16.3 Å². The third-order valence-electron chi connectivity index (χ3n) is 4.77. The Balaban J connectivity index is 0.000000520. The Labute approximate surface area is 208 Å². The van der Waals surface area contributed by atoms with Crippen LogP contribution in [0.2, 0.25) is 5.02 Å². The second-order valence-corrected chi connectivity index (χ2v) is 9.54. The molecule has 0 aliphatic heterocycles. The molecular weight excluding hydrogens is 446 g/mol. The normalized spacial score (nSPS) is 12.5. The summed E-state index contributed by atoms with van der Waals surface area (Å²) in [6.45, 7) is 11.2. The molecule has 0 amide bonds. The summed E-state index contributed by atoms with van der Waals surface area (Å²) in [7, 11) is 0. The van der Waals surface area contributed by atoms with E-state index in [2.05, 4.69) is 11.8 Å². The lowest BCUT2D eigenvalue weighted by Crippen LogP contribution is -2.10. The highest BCUT2D eigenvalue weighted by molar-refractivity contribution is 6.30. The van der Waals surface area contributed by atoms with E-state index in [9.17, 15) is 9.90 Å². The average Bonchev–Trinajstić information content (AvgIpc) is 3.58. The third-order valence-corrected chi connectivity index (χ3v) is 5.02. The fourth-order valence-electron chi connectivity index (χ4n) is 3.25. The van der Waals surface area contributed by atoms with Gasteiger partial charge >= 0.3 is 5.97 Å². The minimum absolute atomic E-state index is 0.0387. The van der Waals surface area contributed by atoms with Crippen LogP contribution in [-0.4, -0.2) is 26.8 Å². The van der Waals surface area contributed by atoms with Gasteiger partial charge in [-0.2, -0.15) is 0 Å². The minimum atomic E-state index is -0.854. The Morgan fingerprint density at radius 1 is 1.12 bits per heavy atom. The van der Waals surface area contributed by atoms with E-state index in [1.54, 1.807) is 20.8 Å². The van der Waals surface area contributed by atoms with Gasteiger partial charge in [0.05, 0.1) is 17.5 Å². The number of nitrogens with zero attached hydrogens (tertiary/aromatic N) is 1. The molecule has 0 saturated heterocycles. The Morgan fingerprint density at radius 2 is 1.71 bits per heavy atom. The summed E-state index contributed by atoms with van der Waals surface area (Å²) in [5, 5.41) is 19.5. The maximum absolute atomic E-state index is 11.4. The van der Waals surface area contributed by atoms with Crippen LogP contribution in [0.25, 0.3) is 22.0 Å². The van der Waals surface area contributed by atoms with Crippen LogP contribution in [0, 0.1) is 24.7 Å². The highest BCUT2D eigenvalue weighted by Crippen LogP contribution is 2.35. The number of fused-ring (bicyclic) bond motifs is 1. The smallest absolute Gasteiger partial charge is 0.307 e. The molecule has 4 rings (SSSR count). The molecule has 5 heteroatoms. The molecular formula is C29H34ClNO3. The summed E-state index contributed by atoms with van der Waals surface area (Å²) >= 11 is 6.04. The molecule has 1 aliphatic rings. The predicted molar refractivity (Wildman–Crippen MR) is 141 cm³/mol. The van der Waals surface area contributed by atoms with Crippen LogP contribution in [0.15, 0.2) is 42.5 Å². The fraction of sp³-hybridized carbons (Fsp3) is 0.379. The van der Waals surface area contributed by atoms with Crippen LogP contribution in [-0.2, 0) is 11.2 Å². The molecule has 0 spiro atoms. The number of carbonyl (C=O) groups is 1. The minimum Gasteiger partial charge on any atom is -0.481 e. The van der Waals surface area contributed by atoms with Gasteiger partial charge in [0.15, 0.2) is 0 Å². The number of aryl methyl sites for hydroxylation is 1.